The highest BCUT2D eigenvalue weighted by molar-refractivity contribution is 5.98. The zero-order valence-corrected chi connectivity index (χ0v) is 20.8. The number of fused-ring (bicyclic) bond motifs is 1. The highest BCUT2D eigenvalue weighted by Gasteiger charge is 2.32. The molecule has 1 atom stereocenters. The zero-order chi connectivity index (χ0) is 25.1. The van der Waals surface area contributed by atoms with E-state index in [4.69, 9.17) is 0 Å². The van der Waals surface area contributed by atoms with E-state index in [0.29, 0.717) is 19.0 Å². The molecule has 2 aromatic heterocycles. The maximum atomic E-state index is 14.1. The minimum atomic E-state index is -0.283. The number of amides is 1. The Morgan fingerprint density at radius 3 is 2.69 bits per heavy atom. The number of benzene rings is 2. The third-order valence-electron chi connectivity index (χ3n) is 7.00. The van der Waals surface area contributed by atoms with Gasteiger partial charge in [-0.3, -0.25) is 14.5 Å². The van der Waals surface area contributed by atoms with Crippen LogP contribution in [0.5, 0.6) is 5.75 Å². The fourth-order valence-corrected chi connectivity index (χ4v) is 5.02. The van der Waals surface area contributed by atoms with Crippen molar-refractivity contribution in [2.24, 2.45) is 0 Å². The van der Waals surface area contributed by atoms with Crippen molar-refractivity contribution in [3.8, 4) is 5.75 Å². The Bertz CT molecular complexity index is 1330. The minimum Gasteiger partial charge on any atom is -0.508 e. The fourth-order valence-electron chi connectivity index (χ4n) is 5.02. The van der Waals surface area contributed by atoms with Gasteiger partial charge >= 0.3 is 0 Å². The second-order valence-electron chi connectivity index (χ2n) is 9.83. The molecule has 0 aliphatic heterocycles. The average Bonchev–Trinajstić information content (AvgIpc) is 3.34. The van der Waals surface area contributed by atoms with E-state index in [0.717, 1.165) is 47.3 Å². The van der Waals surface area contributed by atoms with E-state index in [1.807, 2.05) is 64.4 Å². The number of pyridine rings is 1. The molecule has 0 bridgehead atoms. The van der Waals surface area contributed by atoms with Crippen LogP contribution in [-0.2, 0) is 24.3 Å². The molecular formula is C30H32N4O2. The lowest BCUT2D eigenvalue weighted by Crippen LogP contribution is -2.36. The number of hydrogen-bond acceptors (Lipinski definition) is 4. The van der Waals surface area contributed by atoms with Crippen LogP contribution in [-0.4, -0.2) is 25.8 Å². The summed E-state index contributed by atoms with van der Waals surface area (Å²) in [5.41, 5.74) is 5.85. The molecule has 5 rings (SSSR count). The molecule has 6 heteroatoms. The van der Waals surface area contributed by atoms with Crippen LogP contribution in [0.15, 0.2) is 79.3 Å². The highest BCUT2D eigenvalue weighted by Crippen LogP contribution is 2.38. The number of nitrogens with zero attached hydrogens (tertiary/aromatic N) is 4. The van der Waals surface area contributed by atoms with E-state index in [-0.39, 0.29) is 17.6 Å². The normalized spacial score (nSPS) is 15.0. The molecule has 36 heavy (non-hydrogen) atoms. The average molecular weight is 481 g/mol. The van der Waals surface area contributed by atoms with Gasteiger partial charge in [0.15, 0.2) is 0 Å². The quantitative estimate of drug-likeness (QED) is 0.362. The van der Waals surface area contributed by atoms with Gasteiger partial charge in [-0.25, -0.2) is 0 Å². The molecule has 0 fully saturated rings. The first-order valence-electron chi connectivity index (χ1n) is 12.6. The summed E-state index contributed by atoms with van der Waals surface area (Å²) < 4.78 is 1.86. The summed E-state index contributed by atoms with van der Waals surface area (Å²) in [7, 11) is 0. The van der Waals surface area contributed by atoms with Crippen molar-refractivity contribution in [2.75, 3.05) is 4.90 Å². The Kier molecular flexibility index (Phi) is 6.85. The van der Waals surface area contributed by atoms with Gasteiger partial charge in [0.25, 0.3) is 0 Å². The summed E-state index contributed by atoms with van der Waals surface area (Å²) in [6, 6.07) is 19.7. The Morgan fingerprint density at radius 1 is 1.11 bits per heavy atom. The molecule has 2 aromatic carbocycles. The van der Waals surface area contributed by atoms with Crippen molar-refractivity contribution in [1.82, 2.24) is 14.8 Å². The topological polar surface area (TPSA) is 71.2 Å². The van der Waals surface area contributed by atoms with Crippen LogP contribution >= 0.6 is 0 Å². The molecule has 184 valence electrons. The number of hydrogen-bond donors (Lipinski definition) is 1. The molecule has 6 nitrogen and oxygen atoms in total. The maximum Gasteiger partial charge on any atom is 0.234 e. The lowest BCUT2D eigenvalue weighted by Gasteiger charge is -2.31. The van der Waals surface area contributed by atoms with Crippen LogP contribution in [0.4, 0.5) is 5.69 Å². The number of rotatable bonds is 7. The Morgan fingerprint density at radius 2 is 1.94 bits per heavy atom. The van der Waals surface area contributed by atoms with Crippen molar-refractivity contribution in [1.29, 1.82) is 0 Å². The predicted molar refractivity (Wildman–Crippen MR) is 141 cm³/mol. The number of phenolic OH excluding ortho intramolecular Hbond substituents is 1. The molecule has 1 unspecified atom stereocenters. The van der Waals surface area contributed by atoms with E-state index in [1.165, 1.54) is 5.56 Å². The molecule has 2 heterocycles. The highest BCUT2D eigenvalue weighted by atomic mass is 16.3. The van der Waals surface area contributed by atoms with Gasteiger partial charge in [0.2, 0.25) is 5.91 Å². The van der Waals surface area contributed by atoms with E-state index < -0.39 is 0 Å². The first-order valence-corrected chi connectivity index (χ1v) is 12.6. The van der Waals surface area contributed by atoms with Crippen molar-refractivity contribution in [2.45, 2.75) is 58.0 Å². The molecule has 0 spiro atoms. The van der Waals surface area contributed by atoms with Crippen LogP contribution in [0.25, 0.3) is 0 Å². The first kappa shape index (κ1) is 23.8. The van der Waals surface area contributed by atoms with Crippen molar-refractivity contribution >= 4 is 11.6 Å². The van der Waals surface area contributed by atoms with Gasteiger partial charge in [0.05, 0.1) is 30.9 Å². The summed E-state index contributed by atoms with van der Waals surface area (Å²) in [6.45, 7) is 5.33. The molecule has 0 saturated heterocycles. The monoisotopic (exact) mass is 480 g/mol. The van der Waals surface area contributed by atoms with Gasteiger partial charge in [0, 0.05) is 23.6 Å². The van der Waals surface area contributed by atoms with Crippen LogP contribution in [0, 0.1) is 0 Å². The lowest BCUT2D eigenvalue weighted by molar-refractivity contribution is -0.120. The third-order valence-corrected chi connectivity index (χ3v) is 7.00. The van der Waals surface area contributed by atoms with Gasteiger partial charge in [0.1, 0.15) is 5.75 Å². The number of carbonyl (C=O) groups excluding carboxylic acids is 1. The van der Waals surface area contributed by atoms with Crippen LogP contribution < -0.4 is 4.90 Å². The molecular weight excluding hydrogens is 448 g/mol. The van der Waals surface area contributed by atoms with Gasteiger partial charge in [-0.15, -0.1) is 0 Å². The number of phenols is 1. The largest absolute Gasteiger partial charge is 0.508 e. The van der Waals surface area contributed by atoms with E-state index in [9.17, 15) is 9.90 Å². The molecule has 1 N–H and O–H groups in total. The minimum absolute atomic E-state index is 0.0522. The molecule has 1 aliphatic carbocycles. The molecule has 0 radical (unpaired) electrons. The third kappa shape index (κ3) is 5.03. The molecule has 1 amide bonds. The summed E-state index contributed by atoms with van der Waals surface area (Å²) in [4.78, 5) is 20.4. The number of anilines is 1. The molecule has 1 aliphatic rings. The Balaban J connectivity index is 1.45. The second-order valence-corrected chi connectivity index (χ2v) is 9.83. The SMILES string of the molecule is CC(C)c1ccc(N(Cc2cnn(Cc3ccccn3)c2)C(=O)C2CCCc3c(O)cccc32)cc1. The van der Waals surface area contributed by atoms with Crippen molar-refractivity contribution in [3.05, 3.63) is 107 Å². The van der Waals surface area contributed by atoms with Crippen LogP contribution in [0.2, 0.25) is 0 Å². The van der Waals surface area contributed by atoms with Crippen molar-refractivity contribution in [3.63, 3.8) is 0 Å². The molecule has 4 aromatic rings. The van der Waals surface area contributed by atoms with E-state index >= 15 is 0 Å². The summed E-state index contributed by atoms with van der Waals surface area (Å²) in [6.07, 6.45) is 8.04. The standard InChI is InChI=1S/C30H32N4O2/c1-21(2)23-12-14-25(15-13-23)34(19-22-17-32-33(18-22)20-24-7-3-4-16-31-24)30(36)28-10-5-9-27-26(28)8-6-11-29(27)35/h3-4,6-8,11-18,21,28,35H,5,9-10,19-20H2,1-2H3. The van der Waals surface area contributed by atoms with Crippen LogP contribution in [0.3, 0.4) is 0 Å². The molecule has 0 saturated carbocycles. The van der Waals surface area contributed by atoms with Crippen LogP contribution in [0.1, 0.15) is 66.5 Å². The summed E-state index contributed by atoms with van der Waals surface area (Å²) in [5, 5.41) is 14.9. The zero-order valence-electron chi connectivity index (χ0n) is 20.8. The second kappa shape index (κ2) is 10.4. The van der Waals surface area contributed by atoms with E-state index in [2.05, 4.69) is 36.1 Å². The Labute approximate surface area is 212 Å². The van der Waals surface area contributed by atoms with E-state index in [1.54, 1.807) is 12.3 Å². The Hall–Kier alpha value is -3.93. The lowest BCUT2D eigenvalue weighted by atomic mass is 9.81. The van der Waals surface area contributed by atoms with Gasteiger partial charge in [-0.05, 0) is 72.2 Å². The predicted octanol–water partition coefficient (Wildman–Crippen LogP) is 5.81. The van der Waals surface area contributed by atoms with Gasteiger partial charge in [-0.2, -0.15) is 5.10 Å². The number of aromatic hydroxyl groups is 1. The smallest absolute Gasteiger partial charge is 0.234 e. The number of carbonyl (C=O) groups is 1. The summed E-state index contributed by atoms with van der Waals surface area (Å²) >= 11 is 0. The number of aromatic nitrogens is 3. The van der Waals surface area contributed by atoms with Gasteiger partial charge in [-0.1, -0.05) is 44.2 Å². The van der Waals surface area contributed by atoms with Crippen molar-refractivity contribution < 1.29 is 9.90 Å². The maximum absolute atomic E-state index is 14.1. The summed E-state index contributed by atoms with van der Waals surface area (Å²) in [5.74, 6) is 0.473. The first-order chi connectivity index (χ1) is 17.5. The fraction of sp³-hybridized carbons (Fsp3) is 0.300. The van der Waals surface area contributed by atoms with Gasteiger partial charge < -0.3 is 10.0 Å².